The highest BCUT2D eigenvalue weighted by Crippen LogP contribution is 2.22. The lowest BCUT2D eigenvalue weighted by atomic mass is 10.2. The Morgan fingerprint density at radius 2 is 1.83 bits per heavy atom. The van der Waals surface area contributed by atoms with Crippen molar-refractivity contribution in [3.05, 3.63) is 53.6 Å². The number of hydrogen-bond donors (Lipinski definition) is 1. The molecule has 0 aliphatic rings. The average molecular weight is 314 g/mol. The molecular formula is C17H18N2O4. The fraction of sp³-hybridized carbons (Fsp3) is 0.176. The number of anilines is 1. The lowest BCUT2D eigenvalue weighted by Crippen LogP contribution is -2.10. The van der Waals surface area contributed by atoms with Crippen molar-refractivity contribution in [3.8, 4) is 11.5 Å². The van der Waals surface area contributed by atoms with Crippen LogP contribution in [-0.4, -0.2) is 26.5 Å². The van der Waals surface area contributed by atoms with E-state index in [-0.39, 0.29) is 0 Å². The predicted octanol–water partition coefficient (Wildman–Crippen LogP) is 3.59. The zero-order valence-corrected chi connectivity index (χ0v) is 13.2. The molecule has 0 atom stereocenters. The van der Waals surface area contributed by atoms with Gasteiger partial charge in [-0.2, -0.15) is 0 Å². The molecule has 0 radical (unpaired) electrons. The number of carbonyl (C=O) groups excluding carboxylic acids is 1. The van der Waals surface area contributed by atoms with E-state index in [1.807, 2.05) is 19.1 Å². The summed E-state index contributed by atoms with van der Waals surface area (Å²) < 4.78 is 10.3. The molecule has 6 nitrogen and oxygen atoms in total. The van der Waals surface area contributed by atoms with Crippen LogP contribution in [0.4, 0.5) is 10.5 Å². The van der Waals surface area contributed by atoms with Crippen LogP contribution in [0.1, 0.15) is 11.1 Å². The smallest absolute Gasteiger partial charge is 0.437 e. The van der Waals surface area contributed by atoms with Gasteiger partial charge in [0, 0.05) is 11.3 Å². The summed E-state index contributed by atoms with van der Waals surface area (Å²) in [6.07, 6.45) is 0.711. The second-order valence-electron chi connectivity index (χ2n) is 4.71. The van der Waals surface area contributed by atoms with Crippen molar-refractivity contribution in [1.82, 2.24) is 0 Å². The van der Waals surface area contributed by atoms with E-state index in [1.54, 1.807) is 44.6 Å². The zero-order chi connectivity index (χ0) is 16.7. The van der Waals surface area contributed by atoms with Gasteiger partial charge >= 0.3 is 6.09 Å². The van der Waals surface area contributed by atoms with Crippen LogP contribution in [0, 0.1) is 6.92 Å². The number of benzene rings is 2. The topological polar surface area (TPSA) is 69.1 Å². The minimum absolute atomic E-state index is 0.595. The number of nitrogens with zero attached hydrogens (tertiary/aromatic N) is 1. The van der Waals surface area contributed by atoms with Crippen LogP contribution >= 0.6 is 0 Å². The highest BCUT2D eigenvalue weighted by atomic mass is 16.7. The molecule has 0 aromatic heterocycles. The standard InChI is InChI=1S/C17H18N2O4/c1-12-4-6-14(7-5-12)19-17(20)23-18-11-13-10-15(21-2)8-9-16(13)22-3/h4-11H,1-3H3,(H,19,20). The van der Waals surface area contributed by atoms with Crippen molar-refractivity contribution in [2.75, 3.05) is 19.5 Å². The molecule has 1 N–H and O–H groups in total. The van der Waals surface area contributed by atoms with Crippen molar-refractivity contribution in [2.24, 2.45) is 5.16 Å². The molecule has 23 heavy (non-hydrogen) atoms. The third-order valence-electron chi connectivity index (χ3n) is 3.06. The molecule has 0 bridgehead atoms. The van der Waals surface area contributed by atoms with Crippen molar-refractivity contribution in [1.29, 1.82) is 0 Å². The minimum atomic E-state index is -0.674. The van der Waals surface area contributed by atoms with Gasteiger partial charge in [-0.3, -0.25) is 10.2 Å². The lowest BCUT2D eigenvalue weighted by Gasteiger charge is -2.06. The summed E-state index contributed by atoms with van der Waals surface area (Å²) in [5, 5.41) is 6.24. The van der Waals surface area contributed by atoms with Gasteiger partial charge in [0.25, 0.3) is 0 Å². The predicted molar refractivity (Wildman–Crippen MR) is 88.4 cm³/mol. The maximum Gasteiger partial charge on any atom is 0.437 e. The Labute approximate surface area is 134 Å². The molecule has 0 aliphatic carbocycles. The molecule has 2 rings (SSSR count). The van der Waals surface area contributed by atoms with Gasteiger partial charge in [0.2, 0.25) is 0 Å². The van der Waals surface area contributed by atoms with E-state index in [4.69, 9.17) is 14.3 Å². The van der Waals surface area contributed by atoms with E-state index in [0.717, 1.165) is 5.56 Å². The molecule has 0 fully saturated rings. The van der Waals surface area contributed by atoms with Crippen molar-refractivity contribution >= 4 is 18.0 Å². The number of rotatable bonds is 5. The summed E-state index contributed by atoms with van der Waals surface area (Å²) in [5.74, 6) is 1.24. The number of carbonyl (C=O) groups is 1. The Hall–Kier alpha value is -3.02. The number of oxime groups is 1. The maximum absolute atomic E-state index is 11.7. The fourth-order valence-corrected chi connectivity index (χ4v) is 1.85. The molecule has 0 aliphatic heterocycles. The van der Waals surface area contributed by atoms with E-state index >= 15 is 0 Å². The number of methoxy groups -OCH3 is 2. The quantitative estimate of drug-likeness (QED) is 0.520. The summed E-state index contributed by atoms with van der Waals surface area (Å²) in [6.45, 7) is 1.97. The number of aryl methyl sites for hydroxylation is 1. The number of ether oxygens (including phenoxy) is 2. The Balaban J connectivity index is 1.98. The first-order valence-corrected chi connectivity index (χ1v) is 6.92. The molecule has 0 saturated carbocycles. The Morgan fingerprint density at radius 3 is 2.48 bits per heavy atom. The van der Waals surface area contributed by atoms with Gasteiger partial charge in [0.1, 0.15) is 11.5 Å². The van der Waals surface area contributed by atoms with Crippen LogP contribution in [0.5, 0.6) is 11.5 Å². The van der Waals surface area contributed by atoms with E-state index in [1.165, 1.54) is 6.21 Å². The zero-order valence-electron chi connectivity index (χ0n) is 13.2. The molecular weight excluding hydrogens is 296 g/mol. The lowest BCUT2D eigenvalue weighted by molar-refractivity contribution is 0.167. The van der Waals surface area contributed by atoms with Gasteiger partial charge in [0.15, 0.2) is 0 Å². The van der Waals surface area contributed by atoms with Crippen LogP contribution in [0.2, 0.25) is 0 Å². The van der Waals surface area contributed by atoms with Crippen molar-refractivity contribution in [3.63, 3.8) is 0 Å². The molecule has 1 amide bonds. The van der Waals surface area contributed by atoms with Crippen molar-refractivity contribution < 1.29 is 19.1 Å². The van der Waals surface area contributed by atoms with E-state index in [0.29, 0.717) is 22.7 Å². The minimum Gasteiger partial charge on any atom is -0.497 e. The Morgan fingerprint density at radius 1 is 1.09 bits per heavy atom. The first kappa shape index (κ1) is 16.4. The van der Waals surface area contributed by atoms with Crippen LogP contribution in [0.3, 0.4) is 0 Å². The maximum atomic E-state index is 11.7. The van der Waals surface area contributed by atoms with E-state index < -0.39 is 6.09 Å². The molecule has 120 valence electrons. The van der Waals surface area contributed by atoms with Crippen LogP contribution in [0.15, 0.2) is 47.6 Å². The van der Waals surface area contributed by atoms with Crippen LogP contribution in [0.25, 0.3) is 0 Å². The molecule has 0 unspecified atom stereocenters. The second kappa shape index (κ2) is 7.84. The molecule has 0 spiro atoms. The summed E-state index contributed by atoms with van der Waals surface area (Å²) in [6, 6.07) is 12.6. The summed E-state index contributed by atoms with van der Waals surface area (Å²) in [7, 11) is 3.11. The van der Waals surface area contributed by atoms with Gasteiger partial charge in [-0.25, -0.2) is 4.79 Å². The Bertz CT molecular complexity index is 696. The monoisotopic (exact) mass is 314 g/mol. The fourth-order valence-electron chi connectivity index (χ4n) is 1.85. The molecule has 0 heterocycles. The van der Waals surface area contributed by atoms with Gasteiger partial charge in [-0.05, 0) is 37.3 Å². The van der Waals surface area contributed by atoms with Gasteiger partial charge in [0.05, 0.1) is 20.4 Å². The molecule has 2 aromatic carbocycles. The largest absolute Gasteiger partial charge is 0.497 e. The average Bonchev–Trinajstić information content (AvgIpc) is 2.57. The van der Waals surface area contributed by atoms with Crippen molar-refractivity contribution in [2.45, 2.75) is 6.92 Å². The van der Waals surface area contributed by atoms with Crippen LogP contribution < -0.4 is 14.8 Å². The summed E-state index contributed by atoms with van der Waals surface area (Å²) in [5.41, 5.74) is 2.37. The third kappa shape index (κ3) is 4.74. The van der Waals surface area contributed by atoms with Gasteiger partial charge in [-0.15, -0.1) is 0 Å². The highest BCUT2D eigenvalue weighted by Gasteiger charge is 2.05. The number of amides is 1. The number of hydrogen-bond acceptors (Lipinski definition) is 5. The first-order valence-electron chi connectivity index (χ1n) is 6.92. The SMILES string of the molecule is COc1ccc(OC)c(C=NOC(=O)Nc2ccc(C)cc2)c1. The summed E-state index contributed by atoms with van der Waals surface area (Å²) in [4.78, 5) is 16.4. The van der Waals surface area contributed by atoms with E-state index in [9.17, 15) is 4.79 Å². The van der Waals surface area contributed by atoms with Gasteiger partial charge < -0.3 is 9.47 Å². The second-order valence-corrected chi connectivity index (χ2v) is 4.71. The van der Waals surface area contributed by atoms with Gasteiger partial charge in [-0.1, -0.05) is 22.9 Å². The number of nitrogens with one attached hydrogen (secondary N) is 1. The summed E-state index contributed by atoms with van der Waals surface area (Å²) >= 11 is 0. The molecule has 6 heteroatoms. The first-order chi connectivity index (χ1) is 11.1. The Kier molecular flexibility index (Phi) is 5.57. The highest BCUT2D eigenvalue weighted by molar-refractivity contribution is 5.87. The third-order valence-corrected chi connectivity index (χ3v) is 3.06. The van der Waals surface area contributed by atoms with E-state index in [2.05, 4.69) is 10.5 Å². The molecule has 2 aromatic rings. The van der Waals surface area contributed by atoms with Crippen LogP contribution in [-0.2, 0) is 4.84 Å². The molecule has 0 saturated heterocycles. The normalized spacial score (nSPS) is 10.4.